The van der Waals surface area contributed by atoms with E-state index in [4.69, 9.17) is 25.5 Å². The molecule has 3 heterocycles. The summed E-state index contributed by atoms with van der Waals surface area (Å²) in [6.07, 6.45) is 1.65. The number of carbonyl (C=O) groups excluding carboxylic acids is 2. The van der Waals surface area contributed by atoms with E-state index in [1.165, 1.54) is 30.1 Å². The number of hydrogen-bond donors (Lipinski definition) is 0. The van der Waals surface area contributed by atoms with Crippen molar-refractivity contribution in [3.63, 3.8) is 0 Å². The number of hydrogen-bond acceptors (Lipinski definition) is 8. The van der Waals surface area contributed by atoms with Crippen LogP contribution in [0.1, 0.15) is 34.6 Å². The highest BCUT2D eigenvalue weighted by atomic mass is 35.5. The molecule has 0 unspecified atom stereocenters. The fourth-order valence-electron chi connectivity index (χ4n) is 4.28. The zero-order valence-electron chi connectivity index (χ0n) is 20.6. The average molecular weight is 549 g/mol. The van der Waals surface area contributed by atoms with Gasteiger partial charge in [-0.2, -0.15) is 0 Å². The van der Waals surface area contributed by atoms with Gasteiger partial charge in [-0.3, -0.25) is 9.36 Å². The number of carbonyl (C=O) groups is 2. The third kappa shape index (κ3) is 4.62. The van der Waals surface area contributed by atoms with Gasteiger partial charge in [0.1, 0.15) is 11.5 Å². The molecule has 10 heteroatoms. The molecule has 1 aliphatic rings. The minimum atomic E-state index is -0.800. The van der Waals surface area contributed by atoms with Crippen molar-refractivity contribution in [3.05, 3.63) is 114 Å². The molecule has 2 aromatic carbocycles. The van der Waals surface area contributed by atoms with Crippen LogP contribution in [0.3, 0.4) is 0 Å². The molecule has 0 bridgehead atoms. The molecule has 0 fully saturated rings. The van der Waals surface area contributed by atoms with Crippen molar-refractivity contribution in [2.24, 2.45) is 4.99 Å². The predicted molar refractivity (Wildman–Crippen MR) is 143 cm³/mol. The molecule has 8 nitrogen and oxygen atoms in total. The van der Waals surface area contributed by atoms with Crippen LogP contribution in [-0.2, 0) is 14.3 Å². The summed E-state index contributed by atoms with van der Waals surface area (Å²) in [5.41, 5.74) is 2.10. The second kappa shape index (κ2) is 10.3. The Morgan fingerprint density at radius 1 is 1.05 bits per heavy atom. The first-order valence-electron chi connectivity index (χ1n) is 11.5. The number of thiazole rings is 1. The maximum Gasteiger partial charge on any atom is 0.338 e. The van der Waals surface area contributed by atoms with Gasteiger partial charge in [-0.1, -0.05) is 47.2 Å². The number of fused-ring (bicyclic) bond motifs is 1. The van der Waals surface area contributed by atoms with Crippen molar-refractivity contribution in [1.29, 1.82) is 0 Å². The lowest BCUT2D eigenvalue weighted by Gasteiger charge is -2.24. The van der Waals surface area contributed by atoms with E-state index in [-0.39, 0.29) is 11.1 Å². The molecule has 1 atom stereocenters. The lowest BCUT2D eigenvalue weighted by molar-refractivity contribution is -0.136. The Bertz CT molecular complexity index is 1780. The molecule has 192 valence electrons. The van der Waals surface area contributed by atoms with Crippen molar-refractivity contribution in [3.8, 4) is 11.3 Å². The molecular weight excluding hydrogens is 528 g/mol. The Kier molecular flexibility index (Phi) is 6.88. The molecule has 0 spiro atoms. The summed E-state index contributed by atoms with van der Waals surface area (Å²) in [5, 5.41) is 0.588. The number of rotatable bonds is 5. The average Bonchev–Trinajstić information content (AvgIpc) is 3.51. The maximum atomic E-state index is 13.7. The number of furan rings is 1. The second-order valence-electron chi connectivity index (χ2n) is 8.40. The Hall–Kier alpha value is -4.21. The van der Waals surface area contributed by atoms with Gasteiger partial charge in [0.15, 0.2) is 4.80 Å². The van der Waals surface area contributed by atoms with Crippen LogP contribution in [0.4, 0.5) is 0 Å². The molecule has 38 heavy (non-hydrogen) atoms. The van der Waals surface area contributed by atoms with Crippen LogP contribution in [0.5, 0.6) is 0 Å². The maximum absolute atomic E-state index is 13.7. The Morgan fingerprint density at radius 2 is 1.79 bits per heavy atom. The minimum absolute atomic E-state index is 0.235. The van der Waals surface area contributed by atoms with Gasteiger partial charge in [0, 0.05) is 16.7 Å². The normalized spacial score (nSPS) is 15.2. The lowest BCUT2D eigenvalue weighted by atomic mass is 9.95. The summed E-state index contributed by atoms with van der Waals surface area (Å²) >= 11 is 7.29. The Labute approximate surface area is 225 Å². The number of esters is 2. The smallest absolute Gasteiger partial charge is 0.338 e. The lowest BCUT2D eigenvalue weighted by Crippen LogP contribution is -2.39. The van der Waals surface area contributed by atoms with Crippen molar-refractivity contribution in [1.82, 2.24) is 4.57 Å². The van der Waals surface area contributed by atoms with Gasteiger partial charge in [-0.15, -0.1) is 0 Å². The van der Waals surface area contributed by atoms with E-state index in [9.17, 15) is 14.4 Å². The summed E-state index contributed by atoms with van der Waals surface area (Å²) in [7, 11) is 2.58. The van der Waals surface area contributed by atoms with Crippen LogP contribution < -0.4 is 14.9 Å². The van der Waals surface area contributed by atoms with Crippen LogP contribution in [0, 0.1) is 0 Å². The van der Waals surface area contributed by atoms with E-state index in [0.29, 0.717) is 42.7 Å². The van der Waals surface area contributed by atoms with Crippen LogP contribution in [0.25, 0.3) is 17.4 Å². The number of aromatic nitrogens is 1. The number of ether oxygens (including phenoxy) is 2. The highest BCUT2D eigenvalue weighted by Crippen LogP contribution is 2.31. The largest absolute Gasteiger partial charge is 0.466 e. The number of nitrogens with zero attached hydrogens (tertiary/aromatic N) is 2. The summed E-state index contributed by atoms with van der Waals surface area (Å²) in [5.74, 6) is 0.00259. The molecule has 0 aliphatic carbocycles. The fourth-order valence-corrected chi connectivity index (χ4v) is 5.50. The van der Waals surface area contributed by atoms with Gasteiger partial charge in [-0.05, 0) is 48.9 Å². The summed E-state index contributed by atoms with van der Waals surface area (Å²) in [6, 6.07) is 16.6. The predicted octanol–water partition coefficient (Wildman–Crippen LogP) is 4.11. The molecule has 0 radical (unpaired) electrons. The molecule has 0 saturated heterocycles. The quantitative estimate of drug-likeness (QED) is 0.348. The highest BCUT2D eigenvalue weighted by Gasteiger charge is 2.33. The zero-order chi connectivity index (χ0) is 27.0. The van der Waals surface area contributed by atoms with Crippen LogP contribution >= 0.6 is 22.9 Å². The minimum Gasteiger partial charge on any atom is -0.466 e. The van der Waals surface area contributed by atoms with Crippen LogP contribution in [-0.4, -0.2) is 30.7 Å². The first-order valence-corrected chi connectivity index (χ1v) is 12.6. The third-order valence-electron chi connectivity index (χ3n) is 6.08. The molecule has 5 rings (SSSR count). The van der Waals surface area contributed by atoms with E-state index in [0.717, 1.165) is 5.56 Å². The molecule has 2 aromatic heterocycles. The van der Waals surface area contributed by atoms with Gasteiger partial charge in [0.2, 0.25) is 0 Å². The summed E-state index contributed by atoms with van der Waals surface area (Å²) < 4.78 is 17.6. The van der Waals surface area contributed by atoms with Gasteiger partial charge in [-0.25, -0.2) is 14.6 Å². The number of halogens is 1. The third-order valence-corrected chi connectivity index (χ3v) is 7.30. The Balaban J connectivity index is 1.63. The number of benzene rings is 2. The first-order chi connectivity index (χ1) is 18.3. The van der Waals surface area contributed by atoms with Crippen molar-refractivity contribution in [2.75, 3.05) is 14.2 Å². The first kappa shape index (κ1) is 25.4. The summed E-state index contributed by atoms with van der Waals surface area (Å²) in [6.45, 7) is 1.70. The van der Waals surface area contributed by atoms with Gasteiger partial charge in [0.25, 0.3) is 5.56 Å². The highest BCUT2D eigenvalue weighted by molar-refractivity contribution is 7.07. The molecular formula is C28H21ClN2O6S. The van der Waals surface area contributed by atoms with Crippen LogP contribution in [0.2, 0.25) is 5.02 Å². The molecule has 1 aliphatic heterocycles. The van der Waals surface area contributed by atoms with Gasteiger partial charge < -0.3 is 13.9 Å². The van der Waals surface area contributed by atoms with E-state index < -0.39 is 18.0 Å². The van der Waals surface area contributed by atoms with E-state index in [1.807, 2.05) is 12.1 Å². The standard InChI is InChI=1S/C28H21ClN2O6S/c1-15-23(27(34)36-3)24(16-7-9-17(10-8-16)26(33)35-2)31-25(32)22(38-28(31)30-15)14-20-11-12-21(37-20)18-5-4-6-19(29)13-18/h4-14,24H,1-3H3/b22-14+/t24-/m0/s1. The topological polar surface area (TPSA) is 100 Å². The van der Waals surface area contributed by atoms with Crippen LogP contribution in [0.15, 0.2) is 86.1 Å². The van der Waals surface area contributed by atoms with Crippen molar-refractivity contribution in [2.45, 2.75) is 13.0 Å². The number of allylic oxidation sites excluding steroid dienone is 1. The monoisotopic (exact) mass is 548 g/mol. The van der Waals surface area contributed by atoms with Crippen molar-refractivity contribution < 1.29 is 23.5 Å². The molecule has 0 N–H and O–H groups in total. The fraction of sp³-hybridized carbons (Fsp3) is 0.143. The van der Waals surface area contributed by atoms with E-state index >= 15 is 0 Å². The molecule has 4 aromatic rings. The zero-order valence-corrected chi connectivity index (χ0v) is 22.1. The Morgan fingerprint density at radius 3 is 2.47 bits per heavy atom. The molecule has 0 saturated carbocycles. The summed E-state index contributed by atoms with van der Waals surface area (Å²) in [4.78, 5) is 43.4. The number of methoxy groups -OCH3 is 2. The van der Waals surface area contributed by atoms with Gasteiger partial charge in [0.05, 0.1) is 41.6 Å². The van der Waals surface area contributed by atoms with E-state index in [2.05, 4.69) is 4.99 Å². The van der Waals surface area contributed by atoms with Crippen molar-refractivity contribution >= 4 is 41.0 Å². The second-order valence-corrected chi connectivity index (χ2v) is 9.84. The van der Waals surface area contributed by atoms with Gasteiger partial charge >= 0.3 is 11.9 Å². The van der Waals surface area contributed by atoms with E-state index in [1.54, 1.807) is 61.5 Å². The molecule has 0 amide bonds. The SMILES string of the molecule is COC(=O)C1=C(C)N=c2s/c(=C/c3ccc(-c4cccc(Cl)c4)o3)c(=O)n2[C@H]1c1ccc(C(=O)OC)cc1.